The largest absolute Gasteiger partial charge is 0.390 e. The van der Waals surface area contributed by atoms with Gasteiger partial charge in [-0.05, 0) is 12.2 Å². The first kappa shape index (κ1) is 10.4. The van der Waals surface area contributed by atoms with Gasteiger partial charge in [-0.15, -0.1) is 0 Å². The summed E-state index contributed by atoms with van der Waals surface area (Å²) in [7, 11) is 0. The van der Waals surface area contributed by atoms with Crippen LogP contribution >= 0.6 is 12.6 Å². The van der Waals surface area contributed by atoms with Crippen molar-refractivity contribution in [2.24, 2.45) is 0 Å². The fourth-order valence-electron chi connectivity index (χ4n) is 0.951. The third-order valence-electron chi connectivity index (χ3n) is 1.68. The van der Waals surface area contributed by atoms with E-state index in [1.165, 1.54) is 18.6 Å². The summed E-state index contributed by atoms with van der Waals surface area (Å²) in [6.07, 6.45) is 3.07. The van der Waals surface area contributed by atoms with Crippen LogP contribution in [0.2, 0.25) is 0 Å². The molecule has 0 aromatic carbocycles. The van der Waals surface area contributed by atoms with Crippen LogP contribution < -0.4 is 0 Å². The van der Waals surface area contributed by atoms with Gasteiger partial charge in [0.25, 0.3) is 0 Å². The van der Waals surface area contributed by atoms with Crippen LogP contribution in [0.5, 0.6) is 0 Å². The molecule has 5 heteroatoms. The normalized spacial score (nSPS) is 15.3. The summed E-state index contributed by atoms with van der Waals surface area (Å²) < 4.78 is 0. The van der Waals surface area contributed by atoms with Gasteiger partial charge in [0, 0.05) is 12.4 Å². The number of hydrogen-bond donors (Lipinski definition) is 3. The number of aromatic nitrogens is 2. The minimum atomic E-state index is -0.971. The van der Waals surface area contributed by atoms with E-state index in [-0.39, 0.29) is 0 Å². The molecule has 0 radical (unpaired) electrons. The number of hydrogen-bond acceptors (Lipinski definition) is 5. The van der Waals surface area contributed by atoms with Crippen LogP contribution in [0.1, 0.15) is 18.2 Å². The SMILES string of the molecule is OC(CCS)C(O)c1cnccn1. The molecule has 0 fully saturated rings. The molecule has 13 heavy (non-hydrogen) atoms. The second kappa shape index (κ2) is 5.16. The molecule has 0 saturated carbocycles. The van der Waals surface area contributed by atoms with Crippen molar-refractivity contribution in [1.29, 1.82) is 0 Å². The van der Waals surface area contributed by atoms with Crippen molar-refractivity contribution in [3.05, 3.63) is 24.3 Å². The van der Waals surface area contributed by atoms with Crippen molar-refractivity contribution in [1.82, 2.24) is 9.97 Å². The lowest BCUT2D eigenvalue weighted by atomic mass is 10.1. The smallest absolute Gasteiger partial charge is 0.123 e. The molecular weight excluding hydrogens is 188 g/mol. The van der Waals surface area contributed by atoms with E-state index >= 15 is 0 Å². The van der Waals surface area contributed by atoms with Crippen LogP contribution in [-0.4, -0.2) is 32.0 Å². The van der Waals surface area contributed by atoms with Crippen molar-refractivity contribution < 1.29 is 10.2 Å². The molecule has 2 atom stereocenters. The van der Waals surface area contributed by atoms with Gasteiger partial charge in [-0.1, -0.05) is 0 Å². The highest BCUT2D eigenvalue weighted by atomic mass is 32.1. The molecule has 0 bridgehead atoms. The molecule has 0 spiro atoms. The van der Waals surface area contributed by atoms with Crippen molar-refractivity contribution in [3.8, 4) is 0 Å². The highest BCUT2D eigenvalue weighted by Gasteiger charge is 2.18. The Balaban J connectivity index is 2.62. The molecule has 2 unspecified atom stereocenters. The minimum Gasteiger partial charge on any atom is -0.390 e. The second-order valence-electron chi connectivity index (χ2n) is 2.65. The van der Waals surface area contributed by atoms with Gasteiger partial charge < -0.3 is 10.2 Å². The standard InChI is InChI=1S/C8H12N2O2S/c11-7(1-4-13)8(12)6-5-9-2-3-10-6/h2-3,5,7-8,11-13H,1,4H2. The van der Waals surface area contributed by atoms with Crippen molar-refractivity contribution in [3.63, 3.8) is 0 Å². The molecule has 0 saturated heterocycles. The molecule has 2 N–H and O–H groups in total. The fourth-order valence-corrected chi connectivity index (χ4v) is 1.22. The maximum Gasteiger partial charge on any atom is 0.123 e. The van der Waals surface area contributed by atoms with Gasteiger partial charge >= 0.3 is 0 Å². The van der Waals surface area contributed by atoms with E-state index in [1.54, 1.807) is 0 Å². The van der Waals surface area contributed by atoms with E-state index in [9.17, 15) is 10.2 Å². The Kier molecular flexibility index (Phi) is 4.14. The quantitative estimate of drug-likeness (QED) is 0.607. The molecule has 1 heterocycles. The highest BCUT2D eigenvalue weighted by Crippen LogP contribution is 2.15. The Morgan fingerprint density at radius 3 is 2.69 bits per heavy atom. The Labute approximate surface area is 82.1 Å². The lowest BCUT2D eigenvalue weighted by Gasteiger charge is -2.15. The first-order chi connectivity index (χ1) is 6.25. The monoisotopic (exact) mass is 200 g/mol. The van der Waals surface area contributed by atoms with E-state index in [2.05, 4.69) is 22.6 Å². The average Bonchev–Trinajstić information content (AvgIpc) is 2.18. The highest BCUT2D eigenvalue weighted by molar-refractivity contribution is 7.80. The molecule has 0 amide bonds. The van der Waals surface area contributed by atoms with Gasteiger partial charge in [-0.25, -0.2) is 0 Å². The predicted molar refractivity (Wildman–Crippen MR) is 51.5 cm³/mol. The van der Waals surface area contributed by atoms with Crippen LogP contribution in [0.4, 0.5) is 0 Å². The zero-order chi connectivity index (χ0) is 9.68. The molecular formula is C8H12N2O2S. The summed E-state index contributed by atoms with van der Waals surface area (Å²) in [6.45, 7) is 0. The molecule has 1 aromatic rings. The Bertz CT molecular complexity index is 245. The first-order valence-electron chi connectivity index (χ1n) is 3.98. The predicted octanol–water partition coefficient (Wildman–Crippen LogP) is 0.191. The van der Waals surface area contributed by atoms with Crippen LogP contribution in [0.25, 0.3) is 0 Å². The summed E-state index contributed by atoms with van der Waals surface area (Å²) >= 11 is 3.96. The zero-order valence-electron chi connectivity index (χ0n) is 7.04. The molecule has 0 aliphatic rings. The third-order valence-corrected chi connectivity index (χ3v) is 1.93. The van der Waals surface area contributed by atoms with Gasteiger partial charge in [0.15, 0.2) is 0 Å². The van der Waals surface area contributed by atoms with Crippen molar-refractivity contribution in [2.75, 3.05) is 5.75 Å². The number of aliphatic hydroxyl groups excluding tert-OH is 2. The molecule has 0 aliphatic carbocycles. The molecule has 0 aliphatic heterocycles. The van der Waals surface area contributed by atoms with E-state index in [0.29, 0.717) is 17.9 Å². The molecule has 4 nitrogen and oxygen atoms in total. The van der Waals surface area contributed by atoms with Crippen LogP contribution in [-0.2, 0) is 0 Å². The van der Waals surface area contributed by atoms with Gasteiger partial charge in [0.05, 0.1) is 18.0 Å². The summed E-state index contributed by atoms with van der Waals surface area (Å²) in [5, 5.41) is 18.9. The average molecular weight is 200 g/mol. The maximum atomic E-state index is 9.53. The Hall–Kier alpha value is -0.650. The van der Waals surface area contributed by atoms with E-state index in [4.69, 9.17) is 0 Å². The summed E-state index contributed by atoms with van der Waals surface area (Å²) in [5.74, 6) is 0.526. The summed E-state index contributed by atoms with van der Waals surface area (Å²) in [5.41, 5.74) is 0.386. The number of rotatable bonds is 4. The second-order valence-corrected chi connectivity index (χ2v) is 3.10. The summed E-state index contributed by atoms with van der Waals surface area (Å²) in [4.78, 5) is 7.68. The Morgan fingerprint density at radius 1 is 1.38 bits per heavy atom. The first-order valence-corrected chi connectivity index (χ1v) is 4.62. The van der Waals surface area contributed by atoms with Gasteiger partial charge in [-0.2, -0.15) is 12.6 Å². The Morgan fingerprint density at radius 2 is 2.15 bits per heavy atom. The lowest BCUT2D eigenvalue weighted by Crippen LogP contribution is -2.19. The van der Waals surface area contributed by atoms with Gasteiger partial charge in [0.1, 0.15) is 6.10 Å². The maximum absolute atomic E-state index is 9.53. The summed E-state index contributed by atoms with van der Waals surface area (Å²) in [6, 6.07) is 0. The third kappa shape index (κ3) is 2.95. The number of thiol groups is 1. The lowest BCUT2D eigenvalue weighted by molar-refractivity contribution is 0.0144. The van der Waals surface area contributed by atoms with Crippen LogP contribution in [0, 0.1) is 0 Å². The van der Waals surface area contributed by atoms with E-state index in [1.807, 2.05) is 0 Å². The number of nitrogens with zero attached hydrogens (tertiary/aromatic N) is 2. The minimum absolute atomic E-state index is 0.386. The molecule has 1 aromatic heterocycles. The zero-order valence-corrected chi connectivity index (χ0v) is 7.93. The van der Waals surface area contributed by atoms with Crippen molar-refractivity contribution in [2.45, 2.75) is 18.6 Å². The molecule has 72 valence electrons. The van der Waals surface area contributed by atoms with E-state index in [0.717, 1.165) is 0 Å². The van der Waals surface area contributed by atoms with E-state index < -0.39 is 12.2 Å². The van der Waals surface area contributed by atoms with Crippen LogP contribution in [0.3, 0.4) is 0 Å². The topological polar surface area (TPSA) is 66.2 Å². The van der Waals surface area contributed by atoms with Gasteiger partial charge in [-0.3, -0.25) is 9.97 Å². The van der Waals surface area contributed by atoms with Gasteiger partial charge in [0.2, 0.25) is 0 Å². The fraction of sp³-hybridized carbons (Fsp3) is 0.500. The molecule has 1 rings (SSSR count). The number of aliphatic hydroxyl groups is 2. The van der Waals surface area contributed by atoms with Crippen molar-refractivity contribution >= 4 is 12.6 Å². The van der Waals surface area contributed by atoms with Crippen LogP contribution in [0.15, 0.2) is 18.6 Å².